The summed E-state index contributed by atoms with van der Waals surface area (Å²) in [6.45, 7) is 1.97. The van der Waals surface area contributed by atoms with Crippen LogP contribution in [0.1, 0.15) is 16.2 Å². The van der Waals surface area contributed by atoms with Gasteiger partial charge in [-0.3, -0.25) is 4.79 Å². The van der Waals surface area contributed by atoms with Crippen LogP contribution in [-0.2, 0) is 0 Å². The molecule has 1 N–H and O–H groups in total. The Kier molecular flexibility index (Phi) is 5.47. The molecule has 7 heteroatoms. The lowest BCUT2D eigenvalue weighted by Crippen LogP contribution is -2.14. The van der Waals surface area contributed by atoms with Gasteiger partial charge in [0, 0.05) is 20.7 Å². The highest BCUT2D eigenvalue weighted by atomic mass is 79.9. The highest BCUT2D eigenvalue weighted by Crippen LogP contribution is 2.25. The van der Waals surface area contributed by atoms with Crippen molar-refractivity contribution < 1.29 is 4.79 Å². The van der Waals surface area contributed by atoms with Crippen LogP contribution in [0.5, 0.6) is 0 Å². The molecule has 0 unspecified atom stereocenters. The molecule has 1 aromatic heterocycles. The largest absolute Gasteiger partial charge is 0.319 e. The number of aromatic nitrogens is 3. The molecule has 4 rings (SSSR count). The number of carbonyl (C=O) groups excluding carboxylic acids is 1. The van der Waals surface area contributed by atoms with Crippen molar-refractivity contribution >= 4 is 39.1 Å². The van der Waals surface area contributed by atoms with E-state index in [1.807, 2.05) is 67.6 Å². The van der Waals surface area contributed by atoms with Gasteiger partial charge in [0.05, 0.1) is 5.69 Å². The third-order valence-corrected chi connectivity index (χ3v) is 5.00. The second-order valence-electron chi connectivity index (χ2n) is 6.48. The first-order valence-corrected chi connectivity index (χ1v) is 10.0. The van der Waals surface area contributed by atoms with E-state index in [0.29, 0.717) is 16.5 Å². The summed E-state index contributed by atoms with van der Waals surface area (Å²) in [6.07, 6.45) is 0. The maximum absolute atomic E-state index is 12.8. The second-order valence-corrected chi connectivity index (χ2v) is 7.83. The molecule has 0 aliphatic heterocycles. The topological polar surface area (TPSA) is 59.8 Å². The fourth-order valence-corrected chi connectivity index (χ4v) is 3.35. The van der Waals surface area contributed by atoms with Crippen LogP contribution in [0.3, 0.4) is 0 Å². The Morgan fingerprint density at radius 3 is 2.52 bits per heavy atom. The lowest BCUT2D eigenvalue weighted by molar-refractivity contribution is 0.101. The van der Waals surface area contributed by atoms with Gasteiger partial charge >= 0.3 is 0 Å². The Labute approximate surface area is 181 Å². The molecule has 0 aliphatic carbocycles. The molecule has 0 spiro atoms. The van der Waals surface area contributed by atoms with Gasteiger partial charge in [0.2, 0.25) is 5.82 Å². The van der Waals surface area contributed by atoms with Gasteiger partial charge in [0.1, 0.15) is 0 Å². The fourth-order valence-electron chi connectivity index (χ4n) is 2.89. The predicted molar refractivity (Wildman–Crippen MR) is 119 cm³/mol. The van der Waals surface area contributed by atoms with E-state index in [0.717, 1.165) is 21.3 Å². The molecule has 0 radical (unpaired) electrons. The fraction of sp³-hybridized carbons (Fsp3) is 0.0455. The molecule has 0 fully saturated rings. The summed E-state index contributed by atoms with van der Waals surface area (Å²) in [5, 5.41) is 7.90. The summed E-state index contributed by atoms with van der Waals surface area (Å²) in [5.41, 5.74) is 3.29. The number of amides is 1. The van der Waals surface area contributed by atoms with E-state index in [-0.39, 0.29) is 11.7 Å². The lowest BCUT2D eigenvalue weighted by atomic mass is 10.2. The van der Waals surface area contributed by atoms with E-state index in [2.05, 4.69) is 31.3 Å². The monoisotopic (exact) mass is 466 g/mol. The molecule has 1 heterocycles. The molecule has 5 nitrogen and oxygen atoms in total. The molecule has 4 aromatic rings. The predicted octanol–water partition coefficient (Wildman–Crippen LogP) is 5.91. The third-order valence-electron chi connectivity index (χ3n) is 4.24. The average Bonchev–Trinajstić information content (AvgIpc) is 3.14. The van der Waals surface area contributed by atoms with Gasteiger partial charge in [-0.25, -0.2) is 9.67 Å². The highest BCUT2D eigenvalue weighted by molar-refractivity contribution is 9.10. The Morgan fingerprint density at radius 2 is 1.79 bits per heavy atom. The Bertz CT molecular complexity index is 1190. The zero-order valence-electron chi connectivity index (χ0n) is 15.4. The van der Waals surface area contributed by atoms with Crippen molar-refractivity contribution in [1.29, 1.82) is 0 Å². The standard InChI is InChI=1S/C22H16BrClN4O/c1-14-4-2-7-18(12-14)25-22(29)20-26-21(15-5-3-6-17(24)13-15)28(27-20)19-10-8-16(23)9-11-19/h2-13H,1H3,(H,25,29). The number of aryl methyl sites for hydroxylation is 1. The molecule has 0 atom stereocenters. The minimum atomic E-state index is -0.380. The summed E-state index contributed by atoms with van der Waals surface area (Å²) in [6, 6.07) is 22.5. The van der Waals surface area contributed by atoms with Crippen molar-refractivity contribution in [2.24, 2.45) is 0 Å². The molecule has 0 bridgehead atoms. The number of hydrogen-bond donors (Lipinski definition) is 1. The van der Waals surface area contributed by atoms with Gasteiger partial charge in [0.15, 0.2) is 5.82 Å². The van der Waals surface area contributed by atoms with E-state index in [1.165, 1.54) is 0 Å². The van der Waals surface area contributed by atoms with Crippen molar-refractivity contribution in [3.8, 4) is 17.1 Å². The van der Waals surface area contributed by atoms with Crippen LogP contribution in [0, 0.1) is 6.92 Å². The van der Waals surface area contributed by atoms with Crippen LogP contribution >= 0.6 is 27.5 Å². The Hall–Kier alpha value is -2.96. The first-order chi connectivity index (χ1) is 14.0. The number of rotatable bonds is 4. The van der Waals surface area contributed by atoms with Crippen LogP contribution in [-0.4, -0.2) is 20.7 Å². The van der Waals surface area contributed by atoms with Crippen LogP contribution in [0.15, 0.2) is 77.3 Å². The van der Waals surface area contributed by atoms with Crippen LogP contribution in [0.2, 0.25) is 5.02 Å². The summed E-state index contributed by atoms with van der Waals surface area (Å²) in [5.74, 6) is 0.225. The number of carbonyl (C=O) groups is 1. The maximum atomic E-state index is 12.8. The third kappa shape index (κ3) is 4.39. The summed E-state index contributed by atoms with van der Waals surface area (Å²) < 4.78 is 2.59. The van der Waals surface area contributed by atoms with E-state index in [4.69, 9.17) is 11.6 Å². The lowest BCUT2D eigenvalue weighted by Gasteiger charge is -2.06. The zero-order valence-corrected chi connectivity index (χ0v) is 17.8. The van der Waals surface area contributed by atoms with Crippen molar-refractivity contribution in [3.05, 3.63) is 93.7 Å². The van der Waals surface area contributed by atoms with E-state index in [9.17, 15) is 4.79 Å². The van der Waals surface area contributed by atoms with Crippen LogP contribution in [0.25, 0.3) is 17.1 Å². The van der Waals surface area contributed by atoms with Crippen molar-refractivity contribution in [1.82, 2.24) is 14.8 Å². The van der Waals surface area contributed by atoms with Gasteiger partial charge in [-0.1, -0.05) is 51.8 Å². The van der Waals surface area contributed by atoms with Crippen LogP contribution < -0.4 is 5.32 Å². The smallest absolute Gasteiger partial charge is 0.295 e. The van der Waals surface area contributed by atoms with Crippen molar-refractivity contribution in [3.63, 3.8) is 0 Å². The molecule has 0 saturated heterocycles. The normalized spacial score (nSPS) is 10.7. The van der Waals surface area contributed by atoms with E-state index in [1.54, 1.807) is 16.8 Å². The number of hydrogen-bond acceptors (Lipinski definition) is 3. The summed E-state index contributed by atoms with van der Waals surface area (Å²) in [4.78, 5) is 17.3. The van der Waals surface area contributed by atoms with Gasteiger partial charge < -0.3 is 5.32 Å². The highest BCUT2D eigenvalue weighted by Gasteiger charge is 2.19. The minimum absolute atomic E-state index is 0.0735. The zero-order chi connectivity index (χ0) is 20.4. The second kappa shape index (κ2) is 8.19. The first kappa shape index (κ1) is 19.4. The minimum Gasteiger partial charge on any atom is -0.319 e. The number of halogens is 2. The molecule has 3 aromatic carbocycles. The van der Waals surface area contributed by atoms with Crippen molar-refractivity contribution in [2.75, 3.05) is 5.32 Å². The summed E-state index contributed by atoms with van der Waals surface area (Å²) in [7, 11) is 0. The molecule has 0 aliphatic rings. The number of nitrogens with one attached hydrogen (secondary N) is 1. The number of anilines is 1. The SMILES string of the molecule is Cc1cccc(NC(=O)c2nc(-c3cccc(Cl)c3)n(-c3ccc(Br)cc3)n2)c1. The first-order valence-electron chi connectivity index (χ1n) is 8.86. The molecule has 144 valence electrons. The van der Waals surface area contributed by atoms with Gasteiger partial charge in [-0.15, -0.1) is 5.10 Å². The number of benzene rings is 3. The maximum Gasteiger partial charge on any atom is 0.295 e. The van der Waals surface area contributed by atoms with E-state index >= 15 is 0 Å². The molecule has 29 heavy (non-hydrogen) atoms. The Balaban J connectivity index is 1.76. The molecular formula is C22H16BrClN4O. The van der Waals surface area contributed by atoms with Crippen molar-refractivity contribution in [2.45, 2.75) is 6.92 Å². The molecule has 1 amide bonds. The quantitative estimate of drug-likeness (QED) is 0.406. The average molecular weight is 468 g/mol. The summed E-state index contributed by atoms with van der Waals surface area (Å²) >= 11 is 9.60. The molecular weight excluding hydrogens is 452 g/mol. The van der Waals surface area contributed by atoms with Gasteiger partial charge in [0.25, 0.3) is 5.91 Å². The number of nitrogens with zero attached hydrogens (tertiary/aromatic N) is 3. The van der Waals surface area contributed by atoms with Crippen LogP contribution in [0.4, 0.5) is 5.69 Å². The van der Waals surface area contributed by atoms with E-state index < -0.39 is 0 Å². The van der Waals surface area contributed by atoms with Gasteiger partial charge in [-0.2, -0.15) is 0 Å². The van der Waals surface area contributed by atoms with Gasteiger partial charge in [-0.05, 0) is 61.0 Å². The Morgan fingerprint density at radius 1 is 1.03 bits per heavy atom. The molecule has 0 saturated carbocycles.